The largest absolute Gasteiger partial charge is 0.308 e. The average Bonchev–Trinajstić information content (AvgIpc) is 3.30. The molecule has 0 radical (unpaired) electrons. The van der Waals surface area contributed by atoms with Gasteiger partial charge in [0.05, 0.1) is 5.69 Å². The van der Waals surface area contributed by atoms with Gasteiger partial charge in [-0.05, 0) is 18.1 Å². The second kappa shape index (κ2) is 6.87. The summed E-state index contributed by atoms with van der Waals surface area (Å²) < 4.78 is 3.51. The smallest absolute Gasteiger partial charge is 0.248 e. The molecule has 2 aromatic carbocycles. The second-order valence-corrected chi connectivity index (χ2v) is 6.81. The third-order valence-corrected chi connectivity index (χ3v) is 4.76. The quantitative estimate of drug-likeness (QED) is 0.504. The zero-order valence-corrected chi connectivity index (χ0v) is 16.1. The molecule has 0 fully saturated rings. The van der Waals surface area contributed by atoms with E-state index in [0.717, 1.165) is 33.9 Å². The van der Waals surface area contributed by atoms with Crippen LogP contribution in [0.4, 0.5) is 11.8 Å². The Labute approximate surface area is 167 Å². The van der Waals surface area contributed by atoms with Crippen molar-refractivity contribution < 1.29 is 0 Å². The van der Waals surface area contributed by atoms with E-state index in [-0.39, 0.29) is 0 Å². The van der Waals surface area contributed by atoms with Crippen LogP contribution in [-0.4, -0.2) is 29.4 Å². The summed E-state index contributed by atoms with van der Waals surface area (Å²) in [7, 11) is 1.88. The van der Waals surface area contributed by atoms with Crippen LogP contribution in [0.25, 0.3) is 28.0 Å². The van der Waals surface area contributed by atoms with Gasteiger partial charge in [0.15, 0.2) is 5.65 Å². The lowest BCUT2D eigenvalue weighted by Crippen LogP contribution is -2.00. The fourth-order valence-electron chi connectivity index (χ4n) is 3.46. The van der Waals surface area contributed by atoms with Gasteiger partial charge in [0.1, 0.15) is 11.5 Å². The maximum Gasteiger partial charge on any atom is 0.248 e. The lowest BCUT2D eigenvalue weighted by Gasteiger charge is -2.09. The molecule has 0 unspecified atom stereocenters. The number of nitrogens with one attached hydrogen (secondary N) is 1. The summed E-state index contributed by atoms with van der Waals surface area (Å²) in [6, 6.07) is 20.5. The number of hydrogen-bond acceptors (Lipinski definition) is 5. The number of benzene rings is 2. The van der Waals surface area contributed by atoms with Gasteiger partial charge >= 0.3 is 0 Å². The Balaban J connectivity index is 1.62. The van der Waals surface area contributed by atoms with Crippen LogP contribution in [0.3, 0.4) is 0 Å². The van der Waals surface area contributed by atoms with Crippen molar-refractivity contribution in [2.45, 2.75) is 6.92 Å². The molecule has 7 heteroatoms. The predicted octanol–water partition coefficient (Wildman–Crippen LogP) is 4.24. The molecule has 0 saturated carbocycles. The monoisotopic (exact) mass is 381 g/mol. The third kappa shape index (κ3) is 3.12. The maximum atomic E-state index is 4.71. The van der Waals surface area contributed by atoms with E-state index in [4.69, 9.17) is 4.98 Å². The average molecular weight is 381 g/mol. The molecular weight excluding hydrogens is 362 g/mol. The van der Waals surface area contributed by atoms with E-state index in [1.807, 2.05) is 50.4 Å². The molecule has 5 rings (SSSR count). The van der Waals surface area contributed by atoms with Crippen molar-refractivity contribution in [1.29, 1.82) is 0 Å². The van der Waals surface area contributed by atoms with Gasteiger partial charge in [-0.2, -0.15) is 10.1 Å². The number of nitrogens with zero attached hydrogens (tertiary/aromatic N) is 6. The van der Waals surface area contributed by atoms with Crippen LogP contribution in [0.15, 0.2) is 73.1 Å². The molecule has 3 heterocycles. The zero-order valence-electron chi connectivity index (χ0n) is 16.1. The number of anilines is 2. The second-order valence-electron chi connectivity index (χ2n) is 6.81. The van der Waals surface area contributed by atoms with Gasteiger partial charge in [-0.1, -0.05) is 54.6 Å². The lowest BCUT2D eigenvalue weighted by molar-refractivity contribution is 0.763. The van der Waals surface area contributed by atoms with Gasteiger partial charge in [0.25, 0.3) is 0 Å². The van der Waals surface area contributed by atoms with Crippen molar-refractivity contribution in [3.63, 3.8) is 0 Å². The first-order valence-electron chi connectivity index (χ1n) is 9.33. The molecule has 142 valence electrons. The summed E-state index contributed by atoms with van der Waals surface area (Å²) in [6.45, 7) is 1.95. The maximum absolute atomic E-state index is 4.71. The van der Waals surface area contributed by atoms with Gasteiger partial charge in [-0.25, -0.2) is 4.52 Å². The molecule has 0 amide bonds. The number of rotatable bonds is 4. The molecule has 5 aromatic rings. The van der Waals surface area contributed by atoms with Gasteiger partial charge in [-0.15, -0.1) is 5.10 Å². The first kappa shape index (κ1) is 17.1. The molecule has 29 heavy (non-hydrogen) atoms. The van der Waals surface area contributed by atoms with E-state index in [1.54, 1.807) is 21.6 Å². The van der Waals surface area contributed by atoms with E-state index < -0.39 is 0 Å². The highest BCUT2D eigenvalue weighted by Gasteiger charge is 2.15. The van der Waals surface area contributed by atoms with E-state index in [1.165, 1.54) is 0 Å². The van der Waals surface area contributed by atoms with Gasteiger partial charge in [0, 0.05) is 31.1 Å². The predicted molar refractivity (Wildman–Crippen MR) is 113 cm³/mol. The summed E-state index contributed by atoms with van der Waals surface area (Å²) in [6.07, 6.45) is 3.55. The van der Waals surface area contributed by atoms with Crippen LogP contribution in [0.1, 0.15) is 5.69 Å². The summed E-state index contributed by atoms with van der Waals surface area (Å²) in [5, 5.41) is 12.1. The summed E-state index contributed by atoms with van der Waals surface area (Å²) >= 11 is 0. The number of aryl methyl sites for hydroxylation is 2. The highest BCUT2D eigenvalue weighted by molar-refractivity contribution is 5.87. The molecule has 0 atom stereocenters. The number of hydrogen-bond donors (Lipinski definition) is 1. The number of fused-ring (bicyclic) bond motifs is 1. The van der Waals surface area contributed by atoms with E-state index in [2.05, 4.69) is 44.8 Å². The topological polar surface area (TPSA) is 72.9 Å². The SMILES string of the molecule is Cc1cc(Nc2nc3c(-c4ccccc4-c4ccccc4)nccn3n2)n(C)n1. The zero-order chi connectivity index (χ0) is 19.8. The van der Waals surface area contributed by atoms with E-state index in [9.17, 15) is 0 Å². The third-order valence-electron chi connectivity index (χ3n) is 4.76. The standard InChI is InChI=1S/C22H19N7/c1-15-14-19(28(2)26-15)24-22-25-21-20(23-12-13-29(21)27-22)18-11-7-6-10-17(18)16-8-4-3-5-9-16/h3-14H,1-2H3,(H,24,27). The lowest BCUT2D eigenvalue weighted by atomic mass is 9.98. The molecule has 1 N–H and O–H groups in total. The van der Waals surface area contributed by atoms with Crippen LogP contribution in [-0.2, 0) is 7.05 Å². The summed E-state index contributed by atoms with van der Waals surface area (Å²) in [4.78, 5) is 9.34. The van der Waals surface area contributed by atoms with Crippen molar-refractivity contribution in [3.8, 4) is 22.4 Å². The molecule has 0 saturated heterocycles. The molecule has 7 nitrogen and oxygen atoms in total. The van der Waals surface area contributed by atoms with Gasteiger partial charge in [-0.3, -0.25) is 9.67 Å². The molecule has 0 bridgehead atoms. The first-order valence-corrected chi connectivity index (χ1v) is 9.33. The van der Waals surface area contributed by atoms with Crippen LogP contribution in [0.5, 0.6) is 0 Å². The van der Waals surface area contributed by atoms with Crippen LogP contribution in [0.2, 0.25) is 0 Å². The van der Waals surface area contributed by atoms with Crippen molar-refractivity contribution in [2.24, 2.45) is 7.05 Å². The molecular formula is C22H19N7. The van der Waals surface area contributed by atoms with Crippen molar-refractivity contribution >= 4 is 17.4 Å². The van der Waals surface area contributed by atoms with Crippen LogP contribution in [0, 0.1) is 6.92 Å². The highest BCUT2D eigenvalue weighted by atomic mass is 15.4. The van der Waals surface area contributed by atoms with Gasteiger partial charge < -0.3 is 5.32 Å². The molecule has 0 aliphatic heterocycles. The van der Waals surface area contributed by atoms with Crippen molar-refractivity contribution in [3.05, 3.63) is 78.8 Å². The molecule has 0 aliphatic rings. The Hall–Kier alpha value is -4.00. The minimum Gasteiger partial charge on any atom is -0.308 e. The Bertz CT molecular complexity index is 1300. The minimum absolute atomic E-state index is 0.499. The number of aromatic nitrogens is 6. The Morgan fingerprint density at radius 3 is 2.41 bits per heavy atom. The van der Waals surface area contributed by atoms with Crippen LogP contribution < -0.4 is 5.32 Å². The summed E-state index contributed by atoms with van der Waals surface area (Å²) in [5.41, 5.74) is 5.66. The minimum atomic E-state index is 0.499. The normalized spacial score (nSPS) is 11.1. The Kier molecular flexibility index (Phi) is 4.05. The highest BCUT2D eigenvalue weighted by Crippen LogP contribution is 2.32. The van der Waals surface area contributed by atoms with Crippen molar-refractivity contribution in [2.75, 3.05) is 5.32 Å². The fourth-order valence-corrected chi connectivity index (χ4v) is 3.46. The molecule has 0 aliphatic carbocycles. The molecule has 3 aromatic heterocycles. The van der Waals surface area contributed by atoms with Crippen molar-refractivity contribution in [1.82, 2.24) is 29.4 Å². The molecule has 0 spiro atoms. The van der Waals surface area contributed by atoms with Gasteiger partial charge in [0.2, 0.25) is 5.95 Å². The Morgan fingerprint density at radius 1 is 0.897 bits per heavy atom. The Morgan fingerprint density at radius 2 is 1.66 bits per heavy atom. The van der Waals surface area contributed by atoms with E-state index >= 15 is 0 Å². The fraction of sp³-hybridized carbons (Fsp3) is 0.0909. The van der Waals surface area contributed by atoms with Crippen LogP contribution >= 0.6 is 0 Å². The summed E-state index contributed by atoms with van der Waals surface area (Å²) in [5.74, 6) is 1.33. The van der Waals surface area contributed by atoms with E-state index in [0.29, 0.717) is 11.6 Å². The first-order chi connectivity index (χ1) is 14.2.